The van der Waals surface area contributed by atoms with Crippen molar-refractivity contribution in [1.82, 2.24) is 9.38 Å². The van der Waals surface area contributed by atoms with Crippen LogP contribution in [-0.4, -0.2) is 28.9 Å². The average molecular weight is 368 g/mol. The quantitative estimate of drug-likeness (QED) is 0.591. The first-order valence-corrected chi connectivity index (χ1v) is 9.60. The number of thiazole rings is 1. The molecule has 3 aromatic rings. The van der Waals surface area contributed by atoms with E-state index in [1.54, 1.807) is 11.5 Å². The van der Waals surface area contributed by atoms with Crippen LogP contribution >= 0.6 is 11.3 Å². The lowest BCUT2D eigenvalue weighted by Gasteiger charge is -2.18. The van der Waals surface area contributed by atoms with Crippen molar-refractivity contribution in [2.75, 3.05) is 7.11 Å². The highest BCUT2D eigenvalue weighted by molar-refractivity contribution is 7.15. The molecule has 0 N–H and O–H groups in total. The number of imidazole rings is 1. The smallest absolute Gasteiger partial charge is 0.194 e. The number of benzene rings is 1. The van der Waals surface area contributed by atoms with Gasteiger partial charge in [-0.05, 0) is 43.9 Å². The van der Waals surface area contributed by atoms with Crippen LogP contribution in [0.3, 0.4) is 0 Å². The number of nitrogens with zero attached hydrogens (tertiary/aromatic N) is 2. The summed E-state index contributed by atoms with van der Waals surface area (Å²) in [4.78, 5) is 16.8. The number of fused-ring (bicyclic) bond motifs is 1. The molecule has 0 aliphatic heterocycles. The summed E-state index contributed by atoms with van der Waals surface area (Å²) >= 11 is 1.50. The van der Waals surface area contributed by atoms with E-state index in [0.29, 0.717) is 11.4 Å². The Bertz CT molecular complexity index is 951. The molecular formula is C20H20N2O3S. The van der Waals surface area contributed by atoms with Crippen molar-refractivity contribution in [2.24, 2.45) is 0 Å². The Morgan fingerprint density at radius 2 is 2.12 bits per heavy atom. The summed E-state index contributed by atoms with van der Waals surface area (Å²) in [6.45, 7) is 0. The van der Waals surface area contributed by atoms with Gasteiger partial charge in [0.25, 0.3) is 0 Å². The number of para-hydroxylation sites is 1. The molecule has 4 rings (SSSR count). The number of ether oxygens (including phenoxy) is 2. The normalized spacial score (nSPS) is 15.1. The lowest BCUT2D eigenvalue weighted by atomic mass is 10.1. The fraction of sp³-hybridized carbons (Fsp3) is 0.300. The molecule has 0 bridgehead atoms. The van der Waals surface area contributed by atoms with Crippen molar-refractivity contribution in [3.63, 3.8) is 0 Å². The molecule has 2 aromatic heterocycles. The Morgan fingerprint density at radius 1 is 1.27 bits per heavy atom. The lowest BCUT2D eigenvalue weighted by Crippen LogP contribution is -2.12. The molecule has 1 aliphatic carbocycles. The molecule has 0 radical (unpaired) electrons. The van der Waals surface area contributed by atoms with Gasteiger partial charge in [0.05, 0.1) is 18.9 Å². The fourth-order valence-corrected chi connectivity index (χ4v) is 4.08. The Hall–Kier alpha value is -2.60. The molecular weight excluding hydrogens is 348 g/mol. The molecule has 5 nitrogen and oxygen atoms in total. The van der Waals surface area contributed by atoms with Crippen LogP contribution in [0.15, 0.2) is 29.8 Å². The van der Waals surface area contributed by atoms with Gasteiger partial charge < -0.3 is 9.47 Å². The first kappa shape index (κ1) is 16.8. The van der Waals surface area contributed by atoms with E-state index in [9.17, 15) is 4.79 Å². The number of aromatic nitrogens is 2. The Balaban J connectivity index is 1.69. The highest BCUT2D eigenvalue weighted by atomic mass is 32.1. The minimum Gasteiger partial charge on any atom is -0.493 e. The van der Waals surface area contributed by atoms with E-state index in [4.69, 9.17) is 9.47 Å². The molecule has 0 atom stereocenters. The third kappa shape index (κ3) is 3.12. The van der Waals surface area contributed by atoms with E-state index in [1.165, 1.54) is 24.2 Å². The van der Waals surface area contributed by atoms with Gasteiger partial charge in [-0.25, -0.2) is 4.98 Å². The third-order valence-electron chi connectivity index (χ3n) is 4.68. The summed E-state index contributed by atoms with van der Waals surface area (Å²) in [6.07, 6.45) is 11.3. The predicted octanol–water partition coefficient (Wildman–Crippen LogP) is 4.71. The second-order valence-electron chi connectivity index (χ2n) is 6.29. The zero-order chi connectivity index (χ0) is 17.9. The molecule has 0 spiro atoms. The maximum atomic E-state index is 11.5. The lowest BCUT2D eigenvalue weighted by molar-refractivity contribution is 0.111. The molecule has 134 valence electrons. The molecule has 0 saturated heterocycles. The van der Waals surface area contributed by atoms with Crippen molar-refractivity contribution in [2.45, 2.75) is 31.8 Å². The van der Waals surface area contributed by atoms with E-state index in [2.05, 4.69) is 4.98 Å². The maximum absolute atomic E-state index is 11.5. The van der Waals surface area contributed by atoms with Gasteiger partial charge >= 0.3 is 0 Å². The maximum Gasteiger partial charge on any atom is 0.194 e. The first-order valence-electron chi connectivity index (χ1n) is 8.72. The minimum atomic E-state index is 0.238. The monoisotopic (exact) mass is 368 g/mol. The van der Waals surface area contributed by atoms with E-state index >= 15 is 0 Å². The van der Waals surface area contributed by atoms with E-state index < -0.39 is 0 Å². The molecule has 26 heavy (non-hydrogen) atoms. The molecule has 2 heterocycles. The van der Waals surface area contributed by atoms with Gasteiger partial charge in [-0.1, -0.05) is 12.1 Å². The SMILES string of the molecule is COc1cccc(/C=C/c2nc3sccn3c2C=O)c1OC1CCCC1. The highest BCUT2D eigenvalue weighted by Crippen LogP contribution is 2.36. The van der Waals surface area contributed by atoms with Crippen molar-refractivity contribution < 1.29 is 14.3 Å². The van der Waals surface area contributed by atoms with Crippen molar-refractivity contribution >= 4 is 34.7 Å². The van der Waals surface area contributed by atoms with Crippen molar-refractivity contribution in [3.8, 4) is 11.5 Å². The summed E-state index contributed by atoms with van der Waals surface area (Å²) in [7, 11) is 1.65. The summed E-state index contributed by atoms with van der Waals surface area (Å²) in [5.74, 6) is 1.48. The van der Waals surface area contributed by atoms with Crippen molar-refractivity contribution in [3.05, 3.63) is 46.7 Å². The summed E-state index contributed by atoms with van der Waals surface area (Å²) in [6, 6.07) is 5.83. The molecule has 1 aliphatic rings. The standard InChI is InChI=1S/C20H20N2O3S/c1-24-18-8-4-5-14(19(18)25-15-6-2-3-7-15)9-10-16-17(13-23)22-11-12-26-20(22)21-16/h4-5,8-13,15H,2-3,6-7H2,1H3/b10-9+. The predicted molar refractivity (Wildman–Crippen MR) is 103 cm³/mol. The molecule has 0 unspecified atom stereocenters. The van der Waals surface area contributed by atoms with Crippen LogP contribution in [0.2, 0.25) is 0 Å². The van der Waals surface area contributed by atoms with E-state index in [-0.39, 0.29) is 6.10 Å². The average Bonchev–Trinajstić information content (AvgIpc) is 3.38. The summed E-state index contributed by atoms with van der Waals surface area (Å²) in [5, 5.41) is 1.92. The highest BCUT2D eigenvalue weighted by Gasteiger charge is 2.20. The topological polar surface area (TPSA) is 52.8 Å². The van der Waals surface area contributed by atoms with Crippen LogP contribution in [0.5, 0.6) is 11.5 Å². The van der Waals surface area contributed by atoms with Crippen LogP contribution in [0.4, 0.5) is 0 Å². The van der Waals surface area contributed by atoms with Gasteiger partial charge in [0.1, 0.15) is 5.69 Å². The number of rotatable bonds is 6. The van der Waals surface area contributed by atoms with Crippen LogP contribution < -0.4 is 9.47 Å². The van der Waals surface area contributed by atoms with Crippen LogP contribution in [0, 0.1) is 0 Å². The Labute approximate surface area is 155 Å². The van der Waals surface area contributed by atoms with Crippen LogP contribution in [-0.2, 0) is 0 Å². The molecule has 1 fully saturated rings. The first-order chi connectivity index (χ1) is 12.8. The molecule has 0 amide bonds. The molecule has 6 heteroatoms. The largest absolute Gasteiger partial charge is 0.493 e. The van der Waals surface area contributed by atoms with Gasteiger partial charge in [-0.15, -0.1) is 11.3 Å². The second kappa shape index (κ2) is 7.33. The summed E-state index contributed by atoms with van der Waals surface area (Å²) < 4.78 is 13.5. The Morgan fingerprint density at radius 3 is 2.88 bits per heavy atom. The van der Waals surface area contributed by atoms with E-state index in [0.717, 1.165) is 41.2 Å². The zero-order valence-electron chi connectivity index (χ0n) is 14.6. The number of carbonyl (C=O) groups is 1. The van der Waals surface area contributed by atoms with Crippen molar-refractivity contribution in [1.29, 1.82) is 0 Å². The van der Waals surface area contributed by atoms with Crippen LogP contribution in [0.25, 0.3) is 17.1 Å². The van der Waals surface area contributed by atoms with E-state index in [1.807, 2.05) is 41.9 Å². The number of aldehydes is 1. The molecule has 1 aromatic carbocycles. The number of hydrogen-bond donors (Lipinski definition) is 0. The zero-order valence-corrected chi connectivity index (χ0v) is 15.4. The molecule has 1 saturated carbocycles. The van der Waals surface area contributed by atoms with Gasteiger partial charge in [-0.3, -0.25) is 9.20 Å². The Kier molecular flexibility index (Phi) is 4.75. The second-order valence-corrected chi connectivity index (χ2v) is 7.17. The fourth-order valence-electron chi connectivity index (χ4n) is 3.35. The third-order valence-corrected chi connectivity index (χ3v) is 5.43. The van der Waals surface area contributed by atoms with Crippen LogP contribution in [0.1, 0.15) is 47.4 Å². The van der Waals surface area contributed by atoms with Gasteiger partial charge in [0, 0.05) is 17.1 Å². The number of carbonyl (C=O) groups excluding carboxylic acids is 1. The van der Waals surface area contributed by atoms with Gasteiger partial charge in [0.15, 0.2) is 22.7 Å². The number of hydrogen-bond acceptors (Lipinski definition) is 5. The van der Waals surface area contributed by atoms with Gasteiger partial charge in [-0.2, -0.15) is 0 Å². The number of methoxy groups -OCH3 is 1. The minimum absolute atomic E-state index is 0.238. The van der Waals surface area contributed by atoms with Gasteiger partial charge in [0.2, 0.25) is 0 Å². The summed E-state index contributed by atoms with van der Waals surface area (Å²) in [5.41, 5.74) is 2.13.